The van der Waals surface area contributed by atoms with Crippen molar-refractivity contribution >= 4 is 34.6 Å². The molecule has 0 aliphatic carbocycles. The first-order valence-electron chi connectivity index (χ1n) is 8.13. The summed E-state index contributed by atoms with van der Waals surface area (Å²) in [6.45, 7) is 0.179. The van der Waals surface area contributed by atoms with Gasteiger partial charge < -0.3 is 9.64 Å². The summed E-state index contributed by atoms with van der Waals surface area (Å²) in [5.41, 5.74) is 1.19. The number of amides is 1. The van der Waals surface area contributed by atoms with E-state index in [4.69, 9.17) is 4.74 Å². The van der Waals surface area contributed by atoms with Gasteiger partial charge in [0.1, 0.15) is 10.8 Å². The van der Waals surface area contributed by atoms with Crippen LogP contribution >= 0.6 is 22.7 Å². The highest BCUT2D eigenvalue weighted by molar-refractivity contribution is 7.13. The minimum Gasteiger partial charge on any atom is -0.455 e. The van der Waals surface area contributed by atoms with Crippen LogP contribution in [0, 0.1) is 5.82 Å². The summed E-state index contributed by atoms with van der Waals surface area (Å²) in [4.78, 5) is 30.9. The predicted octanol–water partition coefficient (Wildman–Crippen LogP) is 3.76. The van der Waals surface area contributed by atoms with Gasteiger partial charge in [-0.3, -0.25) is 9.59 Å². The van der Waals surface area contributed by atoms with Crippen molar-refractivity contribution < 1.29 is 18.7 Å². The first kappa shape index (κ1) is 19.2. The van der Waals surface area contributed by atoms with Crippen molar-refractivity contribution in [3.8, 4) is 10.6 Å². The van der Waals surface area contributed by atoms with E-state index >= 15 is 0 Å². The number of likely N-dealkylation sites (N-methyl/N-ethyl adjacent to an activating group) is 1. The Morgan fingerprint density at radius 3 is 2.81 bits per heavy atom. The maximum Gasteiger partial charge on any atom is 0.312 e. The van der Waals surface area contributed by atoms with Crippen LogP contribution < -0.4 is 0 Å². The summed E-state index contributed by atoms with van der Waals surface area (Å²) in [6, 6.07) is 9.98. The van der Waals surface area contributed by atoms with Crippen molar-refractivity contribution in [3.63, 3.8) is 0 Å². The molecule has 0 aliphatic rings. The van der Waals surface area contributed by atoms with E-state index in [-0.39, 0.29) is 24.8 Å². The zero-order valence-electron chi connectivity index (χ0n) is 14.6. The number of benzene rings is 1. The van der Waals surface area contributed by atoms with Crippen molar-refractivity contribution in [1.82, 2.24) is 9.88 Å². The Kier molecular flexibility index (Phi) is 6.31. The highest BCUT2D eigenvalue weighted by Gasteiger charge is 2.15. The zero-order chi connectivity index (χ0) is 19.2. The molecule has 0 spiro atoms. The standard InChI is InChI=1S/C19H17FN2O3S2/c1-22(10-16-6-3-7-26-16)17(23)11-25-18(24)9-15-12-27-19(21-15)13-4-2-5-14(20)8-13/h2-8,12H,9-11H2,1H3. The lowest BCUT2D eigenvalue weighted by molar-refractivity contribution is -0.151. The van der Waals surface area contributed by atoms with Crippen molar-refractivity contribution in [3.05, 3.63) is 63.5 Å². The molecule has 0 aliphatic heterocycles. The number of carbonyl (C=O) groups is 2. The Balaban J connectivity index is 1.49. The molecule has 0 unspecified atom stereocenters. The molecule has 0 saturated carbocycles. The van der Waals surface area contributed by atoms with Gasteiger partial charge in [-0.2, -0.15) is 0 Å². The molecule has 1 amide bonds. The Morgan fingerprint density at radius 2 is 2.07 bits per heavy atom. The van der Waals surface area contributed by atoms with E-state index in [0.29, 0.717) is 22.8 Å². The van der Waals surface area contributed by atoms with Gasteiger partial charge in [0, 0.05) is 22.9 Å². The molecule has 8 heteroatoms. The molecule has 5 nitrogen and oxygen atoms in total. The fraction of sp³-hybridized carbons (Fsp3) is 0.211. The molecule has 0 N–H and O–H groups in total. The molecule has 3 rings (SSSR count). The van der Waals surface area contributed by atoms with E-state index in [9.17, 15) is 14.0 Å². The average molecular weight is 404 g/mol. The molecule has 0 saturated heterocycles. The van der Waals surface area contributed by atoms with Gasteiger partial charge in [0.05, 0.1) is 18.7 Å². The third kappa shape index (κ3) is 5.45. The van der Waals surface area contributed by atoms with Crippen molar-refractivity contribution in [2.75, 3.05) is 13.7 Å². The maximum absolute atomic E-state index is 13.3. The summed E-state index contributed by atoms with van der Waals surface area (Å²) in [5, 5.41) is 4.30. The van der Waals surface area contributed by atoms with Gasteiger partial charge in [0.2, 0.25) is 0 Å². The largest absolute Gasteiger partial charge is 0.455 e. The smallest absolute Gasteiger partial charge is 0.312 e. The molecule has 27 heavy (non-hydrogen) atoms. The van der Waals surface area contributed by atoms with Crippen LogP contribution in [0.1, 0.15) is 10.6 Å². The summed E-state index contributed by atoms with van der Waals surface area (Å²) >= 11 is 2.89. The Hall–Kier alpha value is -2.58. The van der Waals surface area contributed by atoms with Gasteiger partial charge in [-0.25, -0.2) is 9.37 Å². The van der Waals surface area contributed by atoms with Gasteiger partial charge in [-0.1, -0.05) is 18.2 Å². The van der Waals surface area contributed by atoms with Gasteiger partial charge in [0.25, 0.3) is 5.91 Å². The van der Waals surface area contributed by atoms with Gasteiger partial charge in [-0.05, 0) is 23.6 Å². The fourth-order valence-corrected chi connectivity index (χ4v) is 3.89. The molecule has 3 aromatic rings. The topological polar surface area (TPSA) is 59.5 Å². The average Bonchev–Trinajstić information content (AvgIpc) is 3.31. The molecule has 0 atom stereocenters. The quantitative estimate of drug-likeness (QED) is 0.563. The first-order chi connectivity index (χ1) is 13.0. The van der Waals surface area contributed by atoms with E-state index in [1.165, 1.54) is 28.4 Å². The second kappa shape index (κ2) is 8.88. The number of nitrogens with zero attached hydrogens (tertiary/aromatic N) is 2. The fourth-order valence-electron chi connectivity index (χ4n) is 2.32. The van der Waals surface area contributed by atoms with E-state index in [0.717, 1.165) is 4.88 Å². The lowest BCUT2D eigenvalue weighted by atomic mass is 10.2. The number of halogens is 1. The lowest BCUT2D eigenvalue weighted by Gasteiger charge is -2.16. The normalized spacial score (nSPS) is 10.6. The van der Waals surface area contributed by atoms with E-state index in [1.807, 2.05) is 17.5 Å². The molecule has 2 aromatic heterocycles. The zero-order valence-corrected chi connectivity index (χ0v) is 16.2. The van der Waals surface area contributed by atoms with Crippen molar-refractivity contribution in [2.45, 2.75) is 13.0 Å². The number of esters is 1. The highest BCUT2D eigenvalue weighted by Crippen LogP contribution is 2.24. The van der Waals surface area contributed by atoms with Crippen molar-refractivity contribution in [2.24, 2.45) is 0 Å². The Bertz CT molecular complexity index is 925. The van der Waals surface area contributed by atoms with Crippen LogP contribution in [0.3, 0.4) is 0 Å². The molecule has 0 radical (unpaired) electrons. The summed E-state index contributed by atoms with van der Waals surface area (Å²) in [6.07, 6.45) is -0.0340. The minimum atomic E-state index is -0.524. The van der Waals surface area contributed by atoms with Crippen LogP contribution in [0.15, 0.2) is 47.2 Å². The number of carbonyl (C=O) groups excluding carboxylic acids is 2. The second-order valence-electron chi connectivity index (χ2n) is 5.82. The van der Waals surface area contributed by atoms with Crippen molar-refractivity contribution in [1.29, 1.82) is 0 Å². The first-order valence-corrected chi connectivity index (χ1v) is 9.89. The molecule has 140 valence electrons. The van der Waals surface area contributed by atoms with Crippen LogP contribution in [-0.2, 0) is 27.3 Å². The predicted molar refractivity (Wildman–Crippen MR) is 103 cm³/mol. The van der Waals surface area contributed by atoms with E-state index < -0.39 is 5.97 Å². The molecular formula is C19H17FN2O3S2. The second-order valence-corrected chi connectivity index (χ2v) is 7.71. The van der Waals surface area contributed by atoms with Crippen LogP contribution in [-0.4, -0.2) is 35.4 Å². The number of rotatable bonds is 7. The Labute approximate surface area is 164 Å². The summed E-state index contributed by atoms with van der Waals surface area (Å²) in [7, 11) is 1.67. The number of hydrogen-bond acceptors (Lipinski definition) is 6. The Morgan fingerprint density at radius 1 is 1.22 bits per heavy atom. The van der Waals surface area contributed by atoms with Gasteiger partial charge in [-0.15, -0.1) is 22.7 Å². The molecule has 1 aromatic carbocycles. The lowest BCUT2D eigenvalue weighted by Crippen LogP contribution is -2.30. The molecule has 0 bridgehead atoms. The van der Waals surface area contributed by atoms with Crippen LogP contribution in [0.2, 0.25) is 0 Å². The number of thiazole rings is 1. The summed E-state index contributed by atoms with van der Waals surface area (Å²) < 4.78 is 18.4. The molecule has 0 fully saturated rings. The number of aromatic nitrogens is 1. The number of ether oxygens (including phenoxy) is 1. The van der Waals surface area contributed by atoms with Gasteiger partial charge >= 0.3 is 5.97 Å². The minimum absolute atomic E-state index is 0.0340. The number of hydrogen-bond donors (Lipinski definition) is 0. The van der Waals surface area contributed by atoms with Crippen LogP contribution in [0.25, 0.3) is 10.6 Å². The monoisotopic (exact) mass is 404 g/mol. The third-order valence-electron chi connectivity index (χ3n) is 3.70. The van der Waals surface area contributed by atoms with Crippen LogP contribution in [0.5, 0.6) is 0 Å². The van der Waals surface area contributed by atoms with E-state index in [2.05, 4.69) is 4.98 Å². The number of thiophene rings is 1. The summed E-state index contributed by atoms with van der Waals surface area (Å²) in [5.74, 6) is -1.13. The SMILES string of the molecule is CN(Cc1cccs1)C(=O)COC(=O)Cc1csc(-c2cccc(F)c2)n1. The van der Waals surface area contributed by atoms with E-state index in [1.54, 1.807) is 35.9 Å². The molecule has 2 heterocycles. The highest BCUT2D eigenvalue weighted by atomic mass is 32.1. The maximum atomic E-state index is 13.3. The third-order valence-corrected chi connectivity index (χ3v) is 5.51. The van der Waals surface area contributed by atoms with Crippen LogP contribution in [0.4, 0.5) is 4.39 Å². The van der Waals surface area contributed by atoms with Gasteiger partial charge in [0.15, 0.2) is 6.61 Å². The molecular weight excluding hydrogens is 387 g/mol.